The second-order valence-corrected chi connectivity index (χ2v) is 7.56. The third kappa shape index (κ3) is 5.34. The van der Waals surface area contributed by atoms with Crippen molar-refractivity contribution in [2.24, 2.45) is 0 Å². The Labute approximate surface area is 177 Å². The first-order chi connectivity index (χ1) is 14.6. The fourth-order valence-electron chi connectivity index (χ4n) is 3.60. The van der Waals surface area contributed by atoms with Gasteiger partial charge in [0.25, 0.3) is 5.91 Å². The largest absolute Gasteiger partial charge is 0.405 e. The number of para-hydroxylation sites is 1. The summed E-state index contributed by atoms with van der Waals surface area (Å²) >= 11 is 0. The maximum Gasteiger partial charge on any atom is 0.405 e. The Hall–Kier alpha value is -3.10. The number of benzene rings is 2. The summed E-state index contributed by atoms with van der Waals surface area (Å²) in [5.74, 6) is -2.04. The number of fused-ring (bicyclic) bond motifs is 1. The van der Waals surface area contributed by atoms with E-state index in [0.717, 1.165) is 30.2 Å². The number of halogens is 4. The van der Waals surface area contributed by atoms with Gasteiger partial charge in [-0.15, -0.1) is 0 Å². The number of anilines is 2. The van der Waals surface area contributed by atoms with Gasteiger partial charge in [-0.1, -0.05) is 18.2 Å². The lowest BCUT2D eigenvalue weighted by atomic mass is 9.96. The number of carbonyl (C=O) groups is 2. The summed E-state index contributed by atoms with van der Waals surface area (Å²) in [5, 5.41) is 4.55. The fraction of sp³-hybridized carbons (Fsp3) is 0.364. The maximum absolute atomic E-state index is 14.3. The molecule has 0 bridgehead atoms. The molecule has 2 aromatic carbocycles. The van der Waals surface area contributed by atoms with E-state index in [2.05, 4.69) is 5.32 Å². The number of alkyl halides is 3. The molecule has 0 radical (unpaired) electrons. The van der Waals surface area contributed by atoms with Crippen LogP contribution in [-0.4, -0.2) is 37.1 Å². The first-order valence-electron chi connectivity index (χ1n) is 9.86. The van der Waals surface area contributed by atoms with Crippen LogP contribution in [0.4, 0.5) is 28.9 Å². The average Bonchev–Trinajstić information content (AvgIpc) is 2.72. The Balaban J connectivity index is 1.75. The van der Waals surface area contributed by atoms with Crippen molar-refractivity contribution in [2.45, 2.75) is 38.9 Å². The minimum absolute atomic E-state index is 0.0125. The third-order valence-electron chi connectivity index (χ3n) is 5.28. The van der Waals surface area contributed by atoms with E-state index in [1.165, 1.54) is 13.0 Å². The number of nitrogens with zero attached hydrogens (tertiary/aromatic N) is 1. The van der Waals surface area contributed by atoms with E-state index >= 15 is 0 Å². The van der Waals surface area contributed by atoms with Crippen LogP contribution >= 0.6 is 0 Å². The minimum atomic E-state index is -4.58. The lowest BCUT2D eigenvalue weighted by Gasteiger charge is -2.35. The average molecular weight is 437 g/mol. The number of amides is 2. The van der Waals surface area contributed by atoms with Crippen molar-refractivity contribution >= 4 is 23.2 Å². The highest BCUT2D eigenvalue weighted by atomic mass is 19.4. The van der Waals surface area contributed by atoms with Crippen LogP contribution in [0.1, 0.15) is 34.8 Å². The normalized spacial score (nSPS) is 15.9. The van der Waals surface area contributed by atoms with E-state index in [0.29, 0.717) is 0 Å². The molecule has 0 saturated heterocycles. The molecule has 0 aliphatic carbocycles. The predicted molar refractivity (Wildman–Crippen MR) is 110 cm³/mol. The standard InChI is InChI=1S/C22H23F4N3O2/c1-13-7-8-15-5-3-4-6-19(15)29(13)20(30)11-27-18-10-16(9-17(23)14(18)2)21(31)28-12-22(24,25)26/h3-6,9-10,13,27H,7-8,11-12H2,1-2H3,(H,28,31). The van der Waals surface area contributed by atoms with E-state index in [-0.39, 0.29) is 35.3 Å². The van der Waals surface area contributed by atoms with E-state index in [4.69, 9.17) is 0 Å². The van der Waals surface area contributed by atoms with Crippen LogP contribution in [-0.2, 0) is 11.2 Å². The van der Waals surface area contributed by atoms with E-state index < -0.39 is 24.4 Å². The highest BCUT2D eigenvalue weighted by Crippen LogP contribution is 2.30. The lowest BCUT2D eigenvalue weighted by molar-refractivity contribution is -0.123. The molecule has 0 spiro atoms. The first-order valence-corrected chi connectivity index (χ1v) is 9.86. The fourth-order valence-corrected chi connectivity index (χ4v) is 3.60. The number of nitrogens with one attached hydrogen (secondary N) is 2. The first kappa shape index (κ1) is 22.6. The van der Waals surface area contributed by atoms with Crippen molar-refractivity contribution in [3.05, 3.63) is 58.9 Å². The summed E-state index contributed by atoms with van der Waals surface area (Å²) in [6.07, 6.45) is -2.90. The number of hydrogen-bond donors (Lipinski definition) is 2. The zero-order valence-electron chi connectivity index (χ0n) is 17.1. The molecule has 2 N–H and O–H groups in total. The van der Waals surface area contributed by atoms with Crippen LogP contribution in [0.15, 0.2) is 36.4 Å². The molecule has 0 aromatic heterocycles. The van der Waals surface area contributed by atoms with E-state index in [1.807, 2.05) is 31.2 Å². The van der Waals surface area contributed by atoms with Gasteiger partial charge in [0.05, 0.1) is 6.54 Å². The zero-order chi connectivity index (χ0) is 22.8. The summed E-state index contributed by atoms with van der Waals surface area (Å²) in [4.78, 5) is 26.6. The van der Waals surface area contributed by atoms with Crippen LogP contribution < -0.4 is 15.5 Å². The highest BCUT2D eigenvalue weighted by Gasteiger charge is 2.29. The van der Waals surface area contributed by atoms with E-state index in [9.17, 15) is 27.2 Å². The zero-order valence-corrected chi connectivity index (χ0v) is 17.1. The highest BCUT2D eigenvalue weighted by molar-refractivity contribution is 5.98. The van der Waals surface area contributed by atoms with Gasteiger partial charge in [0.15, 0.2) is 0 Å². The van der Waals surface area contributed by atoms with Crippen molar-refractivity contribution in [3.8, 4) is 0 Å². The molecule has 0 fully saturated rings. The van der Waals surface area contributed by atoms with Gasteiger partial charge in [0.1, 0.15) is 12.4 Å². The molecule has 166 valence electrons. The second kappa shape index (κ2) is 8.95. The number of rotatable bonds is 5. The van der Waals surface area contributed by atoms with Crippen LogP contribution in [0.3, 0.4) is 0 Å². The molecule has 1 heterocycles. The van der Waals surface area contributed by atoms with Gasteiger partial charge in [0.2, 0.25) is 5.91 Å². The molecular weight excluding hydrogens is 414 g/mol. The summed E-state index contributed by atoms with van der Waals surface area (Å²) in [6, 6.07) is 9.71. The number of aryl methyl sites for hydroxylation is 1. The smallest absolute Gasteiger partial charge is 0.376 e. The summed E-state index contributed by atoms with van der Waals surface area (Å²) in [6.45, 7) is 1.73. The SMILES string of the molecule is Cc1c(F)cc(C(=O)NCC(F)(F)F)cc1NCC(=O)N1c2ccccc2CCC1C. The molecule has 3 rings (SSSR count). The number of carbonyl (C=O) groups excluding carboxylic acids is 2. The molecular formula is C22H23F4N3O2. The van der Waals surface area contributed by atoms with Gasteiger partial charge in [-0.05, 0) is 50.5 Å². The molecule has 1 aliphatic rings. The summed E-state index contributed by atoms with van der Waals surface area (Å²) in [7, 11) is 0. The van der Waals surface area contributed by atoms with Gasteiger partial charge in [-0.2, -0.15) is 13.2 Å². The Morgan fingerprint density at radius 2 is 1.90 bits per heavy atom. The summed E-state index contributed by atoms with van der Waals surface area (Å²) in [5.41, 5.74) is 1.96. The van der Waals surface area contributed by atoms with Gasteiger partial charge >= 0.3 is 6.18 Å². The molecule has 1 atom stereocenters. The van der Waals surface area contributed by atoms with Crippen LogP contribution in [0.5, 0.6) is 0 Å². The Bertz CT molecular complexity index is 991. The van der Waals surface area contributed by atoms with Crippen molar-refractivity contribution in [2.75, 3.05) is 23.3 Å². The van der Waals surface area contributed by atoms with Crippen molar-refractivity contribution < 1.29 is 27.2 Å². The molecule has 0 saturated carbocycles. The van der Waals surface area contributed by atoms with E-state index in [1.54, 1.807) is 10.2 Å². The molecule has 31 heavy (non-hydrogen) atoms. The molecule has 1 aliphatic heterocycles. The van der Waals surface area contributed by atoms with Gasteiger partial charge in [-0.25, -0.2) is 4.39 Å². The molecule has 2 aromatic rings. The lowest BCUT2D eigenvalue weighted by Crippen LogP contribution is -2.44. The maximum atomic E-state index is 14.3. The monoisotopic (exact) mass is 437 g/mol. The Morgan fingerprint density at radius 3 is 2.61 bits per heavy atom. The quantitative estimate of drug-likeness (QED) is 0.689. The van der Waals surface area contributed by atoms with Gasteiger partial charge in [0, 0.05) is 28.5 Å². The molecule has 1 unspecified atom stereocenters. The van der Waals surface area contributed by atoms with Crippen LogP contribution in [0.25, 0.3) is 0 Å². The van der Waals surface area contributed by atoms with Gasteiger partial charge in [-0.3, -0.25) is 9.59 Å². The number of hydrogen-bond acceptors (Lipinski definition) is 3. The predicted octanol–water partition coefficient (Wildman–Crippen LogP) is 4.21. The summed E-state index contributed by atoms with van der Waals surface area (Å²) < 4.78 is 51.3. The van der Waals surface area contributed by atoms with Crippen LogP contribution in [0.2, 0.25) is 0 Å². The van der Waals surface area contributed by atoms with Crippen molar-refractivity contribution in [1.29, 1.82) is 0 Å². The molecule has 9 heteroatoms. The molecule has 5 nitrogen and oxygen atoms in total. The topological polar surface area (TPSA) is 61.4 Å². The second-order valence-electron chi connectivity index (χ2n) is 7.56. The van der Waals surface area contributed by atoms with Crippen LogP contribution in [0, 0.1) is 12.7 Å². The Kier molecular flexibility index (Phi) is 6.52. The van der Waals surface area contributed by atoms with Crippen molar-refractivity contribution in [3.63, 3.8) is 0 Å². The molecule has 2 amide bonds. The minimum Gasteiger partial charge on any atom is -0.376 e. The Morgan fingerprint density at radius 1 is 1.19 bits per heavy atom. The third-order valence-corrected chi connectivity index (χ3v) is 5.28. The van der Waals surface area contributed by atoms with Gasteiger partial charge < -0.3 is 15.5 Å². The van der Waals surface area contributed by atoms with Crippen molar-refractivity contribution in [1.82, 2.24) is 5.32 Å².